The lowest BCUT2D eigenvalue weighted by Crippen LogP contribution is -2.47. The van der Waals surface area contributed by atoms with Crippen LogP contribution in [0.3, 0.4) is 0 Å². The number of hydrogen-bond donors (Lipinski definition) is 2. The van der Waals surface area contributed by atoms with Gasteiger partial charge in [0.05, 0.1) is 23.8 Å². The van der Waals surface area contributed by atoms with E-state index in [9.17, 15) is 12.8 Å². The topological polar surface area (TPSA) is 92.9 Å². The second kappa shape index (κ2) is 5.94. The van der Waals surface area contributed by atoms with Crippen LogP contribution in [0, 0.1) is 5.82 Å². The highest BCUT2D eigenvalue weighted by Gasteiger charge is 2.33. The van der Waals surface area contributed by atoms with Gasteiger partial charge in [0.1, 0.15) is 4.90 Å². The molecule has 0 radical (unpaired) electrons. The van der Waals surface area contributed by atoms with E-state index in [1.165, 1.54) is 6.07 Å². The van der Waals surface area contributed by atoms with E-state index in [4.69, 9.17) is 15.6 Å². The summed E-state index contributed by atoms with van der Waals surface area (Å²) in [7, 11) is -4.02. The van der Waals surface area contributed by atoms with Crippen molar-refractivity contribution in [2.75, 3.05) is 32.0 Å². The Kier molecular flexibility index (Phi) is 4.65. The van der Waals surface area contributed by atoms with E-state index in [1.54, 1.807) is 0 Å². The molecule has 1 aromatic rings. The monoisotopic (exact) mass is 368 g/mol. The molecule has 1 aliphatic rings. The number of rotatable bonds is 3. The van der Waals surface area contributed by atoms with Gasteiger partial charge in [0.25, 0.3) is 0 Å². The average molecular weight is 369 g/mol. The Morgan fingerprint density at radius 2 is 2.25 bits per heavy atom. The summed E-state index contributed by atoms with van der Waals surface area (Å²) in [5.74, 6) is -0.883. The van der Waals surface area contributed by atoms with Gasteiger partial charge in [-0.3, -0.25) is 0 Å². The summed E-state index contributed by atoms with van der Waals surface area (Å²) in [6, 6.07) is 2.38. The Balaban J connectivity index is 2.40. The molecular formula is C11H14BrFN2O4S. The van der Waals surface area contributed by atoms with Crippen molar-refractivity contribution in [1.82, 2.24) is 4.31 Å². The van der Waals surface area contributed by atoms with Crippen LogP contribution in [0.15, 0.2) is 21.5 Å². The van der Waals surface area contributed by atoms with Crippen LogP contribution in [0.1, 0.15) is 0 Å². The van der Waals surface area contributed by atoms with Crippen molar-refractivity contribution in [3.63, 3.8) is 0 Å². The van der Waals surface area contributed by atoms with Crippen LogP contribution < -0.4 is 5.73 Å². The lowest BCUT2D eigenvalue weighted by molar-refractivity contribution is -0.0305. The zero-order valence-corrected chi connectivity index (χ0v) is 12.8. The summed E-state index contributed by atoms with van der Waals surface area (Å²) in [6.45, 7) is -0.0694. The molecule has 3 N–H and O–H groups in total. The second-order valence-corrected chi connectivity index (χ2v) is 7.11. The van der Waals surface area contributed by atoms with Crippen molar-refractivity contribution < 1.29 is 22.7 Å². The molecule has 0 aliphatic carbocycles. The smallest absolute Gasteiger partial charge is 0.246 e. The number of nitrogen functional groups attached to an aromatic ring is 1. The summed E-state index contributed by atoms with van der Waals surface area (Å²) in [6.07, 6.45) is -0.605. The highest BCUT2D eigenvalue weighted by Crippen LogP contribution is 2.29. The third kappa shape index (κ3) is 2.96. The molecule has 1 aliphatic heterocycles. The van der Waals surface area contributed by atoms with Gasteiger partial charge in [0, 0.05) is 18.8 Å². The number of nitrogens with two attached hydrogens (primary N) is 1. The fourth-order valence-electron chi connectivity index (χ4n) is 1.93. The Hall–Kier alpha value is -0.740. The van der Waals surface area contributed by atoms with Crippen molar-refractivity contribution >= 4 is 31.6 Å². The van der Waals surface area contributed by atoms with Crippen LogP contribution in [0.2, 0.25) is 0 Å². The molecule has 0 amide bonds. The van der Waals surface area contributed by atoms with Gasteiger partial charge in [-0.1, -0.05) is 0 Å². The van der Waals surface area contributed by atoms with E-state index in [1.807, 2.05) is 0 Å². The Labute approximate surface area is 124 Å². The van der Waals surface area contributed by atoms with Crippen LogP contribution in [-0.4, -0.2) is 50.2 Å². The molecule has 6 nitrogen and oxygen atoms in total. The maximum absolute atomic E-state index is 14.0. The number of ether oxygens (including phenoxy) is 1. The van der Waals surface area contributed by atoms with Gasteiger partial charge in [-0.2, -0.15) is 4.31 Å². The summed E-state index contributed by atoms with van der Waals surface area (Å²) < 4.78 is 45.2. The summed E-state index contributed by atoms with van der Waals surface area (Å²) in [5, 5.41) is 9.04. The lowest BCUT2D eigenvalue weighted by atomic mass is 10.3. The highest BCUT2D eigenvalue weighted by atomic mass is 79.9. The Bertz CT molecular complexity index is 611. The number of hydrogen-bond acceptors (Lipinski definition) is 5. The number of nitrogens with zero attached hydrogens (tertiary/aromatic N) is 1. The lowest BCUT2D eigenvalue weighted by Gasteiger charge is -2.31. The number of aliphatic hydroxyl groups excluding tert-OH is 1. The molecule has 1 atom stereocenters. The third-order valence-electron chi connectivity index (χ3n) is 2.94. The van der Waals surface area contributed by atoms with Gasteiger partial charge in [0.2, 0.25) is 10.0 Å². The highest BCUT2D eigenvalue weighted by molar-refractivity contribution is 9.10. The molecule has 20 heavy (non-hydrogen) atoms. The fraction of sp³-hybridized carbons (Fsp3) is 0.455. The number of anilines is 1. The van der Waals surface area contributed by atoms with Crippen LogP contribution in [-0.2, 0) is 14.8 Å². The molecule has 2 rings (SSSR count). The number of benzene rings is 1. The van der Waals surface area contributed by atoms with Crippen LogP contribution in [0.25, 0.3) is 0 Å². The minimum Gasteiger partial charge on any atom is -0.399 e. The Morgan fingerprint density at radius 3 is 2.90 bits per heavy atom. The molecule has 0 saturated carbocycles. The van der Waals surface area contributed by atoms with Crippen LogP contribution in [0.5, 0.6) is 0 Å². The van der Waals surface area contributed by atoms with Crippen molar-refractivity contribution in [3.8, 4) is 0 Å². The molecule has 0 bridgehead atoms. The SMILES string of the molecule is Nc1cc(Br)c(F)c(S(=O)(=O)N2CCOC(CO)C2)c1. The first-order chi connectivity index (χ1) is 9.36. The van der Waals surface area contributed by atoms with E-state index in [-0.39, 0.29) is 36.5 Å². The molecule has 1 heterocycles. The molecule has 9 heteroatoms. The van der Waals surface area contributed by atoms with Crippen molar-refractivity contribution in [1.29, 1.82) is 0 Å². The summed E-state index contributed by atoms with van der Waals surface area (Å²) >= 11 is 2.94. The van der Waals surface area contributed by atoms with Gasteiger partial charge in [0.15, 0.2) is 5.82 Å². The molecule has 1 fully saturated rings. The quantitative estimate of drug-likeness (QED) is 0.760. The van der Waals surface area contributed by atoms with Gasteiger partial charge < -0.3 is 15.6 Å². The fourth-order valence-corrected chi connectivity index (χ4v) is 4.12. The largest absolute Gasteiger partial charge is 0.399 e. The third-order valence-corrected chi connectivity index (χ3v) is 5.38. The first kappa shape index (κ1) is 15.6. The maximum atomic E-state index is 14.0. The van der Waals surface area contributed by atoms with Gasteiger partial charge in [-0.15, -0.1) is 0 Å². The normalized spacial score (nSPS) is 21.1. The van der Waals surface area contributed by atoms with E-state index in [0.717, 1.165) is 10.4 Å². The molecular weight excluding hydrogens is 355 g/mol. The molecule has 0 spiro atoms. The molecule has 0 aromatic heterocycles. The number of morpholine rings is 1. The van der Waals surface area contributed by atoms with Crippen molar-refractivity contribution in [2.24, 2.45) is 0 Å². The van der Waals surface area contributed by atoms with E-state index >= 15 is 0 Å². The molecule has 1 aromatic carbocycles. The predicted molar refractivity (Wildman–Crippen MR) is 74.1 cm³/mol. The number of aliphatic hydroxyl groups is 1. The van der Waals surface area contributed by atoms with E-state index in [0.29, 0.717) is 0 Å². The Morgan fingerprint density at radius 1 is 1.55 bits per heavy atom. The zero-order chi connectivity index (χ0) is 14.9. The average Bonchev–Trinajstić information content (AvgIpc) is 2.42. The minimum atomic E-state index is -4.02. The number of halogens is 2. The zero-order valence-electron chi connectivity index (χ0n) is 10.4. The van der Waals surface area contributed by atoms with Gasteiger partial charge >= 0.3 is 0 Å². The van der Waals surface area contributed by atoms with Crippen molar-refractivity contribution in [3.05, 3.63) is 22.4 Å². The predicted octanol–water partition coefficient (Wildman–Crippen LogP) is 0.552. The van der Waals surface area contributed by atoms with Crippen LogP contribution in [0.4, 0.5) is 10.1 Å². The van der Waals surface area contributed by atoms with Crippen LogP contribution >= 0.6 is 15.9 Å². The molecule has 112 valence electrons. The minimum absolute atomic E-state index is 0.0111. The van der Waals surface area contributed by atoms with E-state index in [2.05, 4.69) is 15.9 Å². The van der Waals surface area contributed by atoms with Crippen molar-refractivity contribution in [2.45, 2.75) is 11.0 Å². The summed E-state index contributed by atoms with van der Waals surface area (Å²) in [4.78, 5) is -0.483. The maximum Gasteiger partial charge on any atom is 0.246 e. The van der Waals surface area contributed by atoms with E-state index < -0.39 is 26.8 Å². The summed E-state index contributed by atoms with van der Waals surface area (Å²) in [5.41, 5.74) is 5.71. The standard InChI is InChI=1S/C11H14BrFN2O4S/c12-9-3-7(14)4-10(11(9)13)20(17,18)15-1-2-19-8(5-15)6-16/h3-4,8,16H,1-2,5-6,14H2. The van der Waals surface area contributed by atoms with Gasteiger partial charge in [-0.25, -0.2) is 12.8 Å². The first-order valence-corrected chi connectivity index (χ1v) is 8.06. The molecule has 1 unspecified atom stereocenters. The molecule has 1 saturated heterocycles. The second-order valence-electron chi connectivity index (χ2n) is 4.35. The first-order valence-electron chi connectivity index (χ1n) is 5.83. The number of sulfonamides is 1. The van der Waals surface area contributed by atoms with Gasteiger partial charge in [-0.05, 0) is 28.1 Å².